The van der Waals surface area contributed by atoms with Gasteiger partial charge in [0.15, 0.2) is 0 Å². The van der Waals surface area contributed by atoms with E-state index in [2.05, 4.69) is 5.32 Å². The number of sulfonamides is 1. The summed E-state index contributed by atoms with van der Waals surface area (Å²) in [6.07, 6.45) is 5.80. The number of fused-ring (bicyclic) bond motifs is 1. The Morgan fingerprint density at radius 3 is 2.57 bits per heavy atom. The summed E-state index contributed by atoms with van der Waals surface area (Å²) in [7, 11) is -2.14. The fourth-order valence-corrected chi connectivity index (χ4v) is 5.62. The van der Waals surface area contributed by atoms with Crippen LogP contribution in [0.2, 0.25) is 0 Å². The highest BCUT2D eigenvalue weighted by Gasteiger charge is 2.29. The summed E-state index contributed by atoms with van der Waals surface area (Å²) in [5.41, 5.74) is 0.559. The van der Waals surface area contributed by atoms with Gasteiger partial charge < -0.3 is 10.1 Å². The molecule has 1 aromatic heterocycles. The van der Waals surface area contributed by atoms with E-state index in [0.29, 0.717) is 10.6 Å². The molecule has 9 heteroatoms. The van der Waals surface area contributed by atoms with E-state index < -0.39 is 16.0 Å². The minimum Gasteiger partial charge on any atom is -0.465 e. The van der Waals surface area contributed by atoms with E-state index in [-0.39, 0.29) is 18.5 Å². The van der Waals surface area contributed by atoms with Crippen molar-refractivity contribution in [3.05, 3.63) is 29.1 Å². The molecule has 0 radical (unpaired) electrons. The number of nitrogens with one attached hydrogen (secondary N) is 1. The first-order valence-electron chi connectivity index (χ1n) is 9.16. The molecule has 1 aromatic carbocycles. The Balaban J connectivity index is 1.73. The van der Waals surface area contributed by atoms with Crippen LogP contribution in [0.3, 0.4) is 0 Å². The van der Waals surface area contributed by atoms with Gasteiger partial charge >= 0.3 is 5.97 Å². The van der Waals surface area contributed by atoms with Crippen molar-refractivity contribution in [1.82, 2.24) is 4.31 Å². The first-order chi connectivity index (χ1) is 13.3. The monoisotopic (exact) mass is 424 g/mol. The highest BCUT2D eigenvalue weighted by atomic mass is 32.2. The Morgan fingerprint density at radius 2 is 1.93 bits per heavy atom. The van der Waals surface area contributed by atoms with E-state index in [4.69, 9.17) is 4.74 Å². The van der Waals surface area contributed by atoms with Gasteiger partial charge in [0.25, 0.3) is 0 Å². The van der Waals surface area contributed by atoms with Crippen LogP contribution >= 0.6 is 11.3 Å². The Morgan fingerprint density at radius 1 is 1.21 bits per heavy atom. The SMILES string of the molecule is COC(=O)c1cc2cc(NC(=O)CN(C3CCCCC3)S(C)(=O)=O)ccc2s1. The van der Waals surface area contributed by atoms with Gasteiger partial charge in [0.05, 0.1) is 19.9 Å². The third-order valence-electron chi connectivity index (χ3n) is 4.89. The summed E-state index contributed by atoms with van der Waals surface area (Å²) in [4.78, 5) is 24.7. The van der Waals surface area contributed by atoms with Crippen LogP contribution in [0.15, 0.2) is 24.3 Å². The molecule has 3 rings (SSSR count). The number of amides is 1. The van der Waals surface area contributed by atoms with Crippen LogP contribution in [0.1, 0.15) is 41.8 Å². The van der Waals surface area contributed by atoms with Gasteiger partial charge in [0.1, 0.15) is 4.88 Å². The Hall–Kier alpha value is -1.97. The number of benzene rings is 1. The molecule has 0 spiro atoms. The molecule has 0 aliphatic heterocycles. The zero-order valence-electron chi connectivity index (χ0n) is 15.9. The third-order valence-corrected chi connectivity index (χ3v) is 7.27. The lowest BCUT2D eigenvalue weighted by Crippen LogP contribution is -2.45. The number of hydrogen-bond acceptors (Lipinski definition) is 6. The van der Waals surface area contributed by atoms with E-state index in [1.807, 2.05) is 6.07 Å². The molecule has 2 aromatic rings. The van der Waals surface area contributed by atoms with Crippen molar-refractivity contribution >= 4 is 49.0 Å². The number of rotatable bonds is 6. The number of thiophene rings is 1. The number of ether oxygens (including phenoxy) is 1. The van der Waals surface area contributed by atoms with Crippen molar-refractivity contribution in [1.29, 1.82) is 0 Å². The van der Waals surface area contributed by atoms with Gasteiger partial charge in [-0.15, -0.1) is 11.3 Å². The van der Waals surface area contributed by atoms with Gasteiger partial charge in [-0.25, -0.2) is 13.2 Å². The summed E-state index contributed by atoms with van der Waals surface area (Å²) >= 11 is 1.32. The molecule has 7 nitrogen and oxygen atoms in total. The second kappa shape index (κ2) is 8.59. The third kappa shape index (κ3) is 4.89. The zero-order valence-corrected chi connectivity index (χ0v) is 17.6. The van der Waals surface area contributed by atoms with Crippen LogP contribution < -0.4 is 5.32 Å². The molecule has 0 unspecified atom stereocenters. The molecule has 0 bridgehead atoms. The largest absolute Gasteiger partial charge is 0.465 e. The number of anilines is 1. The lowest BCUT2D eigenvalue weighted by Gasteiger charge is -2.31. The fourth-order valence-electron chi connectivity index (χ4n) is 3.55. The highest BCUT2D eigenvalue weighted by molar-refractivity contribution is 7.88. The van der Waals surface area contributed by atoms with E-state index in [1.165, 1.54) is 22.8 Å². The molecule has 0 saturated heterocycles. The molecule has 1 heterocycles. The second-order valence-corrected chi connectivity index (χ2v) is 10.0. The molecule has 1 N–H and O–H groups in total. The van der Waals surface area contributed by atoms with E-state index in [1.54, 1.807) is 18.2 Å². The van der Waals surface area contributed by atoms with Crippen molar-refractivity contribution in [2.24, 2.45) is 0 Å². The van der Waals surface area contributed by atoms with Gasteiger partial charge in [-0.2, -0.15) is 4.31 Å². The Bertz CT molecular complexity index is 977. The number of carbonyl (C=O) groups excluding carboxylic acids is 2. The molecule has 1 amide bonds. The van der Waals surface area contributed by atoms with Gasteiger partial charge in [-0.1, -0.05) is 19.3 Å². The highest BCUT2D eigenvalue weighted by Crippen LogP contribution is 2.29. The van der Waals surface area contributed by atoms with Crippen LogP contribution in [0.25, 0.3) is 10.1 Å². The van der Waals surface area contributed by atoms with Gasteiger partial charge in [-0.05, 0) is 42.5 Å². The maximum atomic E-state index is 12.5. The molecule has 1 saturated carbocycles. The normalized spacial score (nSPS) is 15.7. The summed E-state index contributed by atoms with van der Waals surface area (Å²) in [5, 5.41) is 3.59. The number of hydrogen-bond donors (Lipinski definition) is 1. The molecule has 1 aliphatic rings. The number of esters is 1. The van der Waals surface area contributed by atoms with E-state index >= 15 is 0 Å². The lowest BCUT2D eigenvalue weighted by atomic mass is 9.95. The summed E-state index contributed by atoms with van der Waals surface area (Å²) in [6.45, 7) is -0.196. The maximum Gasteiger partial charge on any atom is 0.348 e. The van der Waals surface area contributed by atoms with Crippen molar-refractivity contribution < 1.29 is 22.7 Å². The number of nitrogens with zero attached hydrogens (tertiary/aromatic N) is 1. The molecule has 1 aliphatic carbocycles. The summed E-state index contributed by atoms with van der Waals surface area (Å²) < 4.78 is 31.3. The first kappa shape index (κ1) is 20.8. The minimum atomic E-state index is -3.47. The smallest absolute Gasteiger partial charge is 0.348 e. The Kier molecular flexibility index (Phi) is 6.36. The number of methoxy groups -OCH3 is 1. The predicted octanol–water partition coefficient (Wildman–Crippen LogP) is 3.22. The van der Waals surface area contributed by atoms with Crippen LogP contribution in [-0.4, -0.2) is 50.6 Å². The Labute approximate surface area is 168 Å². The molecule has 152 valence electrons. The van der Waals surface area contributed by atoms with E-state index in [0.717, 1.165) is 48.4 Å². The standard InChI is InChI=1S/C19H24N2O5S2/c1-26-19(23)17-11-13-10-14(8-9-16(13)27-17)20-18(22)12-21(28(2,24)25)15-6-4-3-5-7-15/h8-11,15H,3-7,12H2,1-2H3,(H,20,22). The van der Waals surface area contributed by atoms with Crippen molar-refractivity contribution in [3.8, 4) is 0 Å². The van der Waals surface area contributed by atoms with Crippen molar-refractivity contribution in [3.63, 3.8) is 0 Å². The minimum absolute atomic E-state index is 0.114. The molecule has 1 fully saturated rings. The number of carbonyl (C=O) groups is 2. The second-order valence-electron chi connectivity index (χ2n) is 7.00. The van der Waals surface area contributed by atoms with E-state index in [9.17, 15) is 18.0 Å². The zero-order chi connectivity index (χ0) is 20.3. The average Bonchev–Trinajstić information content (AvgIpc) is 3.08. The van der Waals surface area contributed by atoms with Gasteiger partial charge in [-0.3, -0.25) is 4.79 Å². The lowest BCUT2D eigenvalue weighted by molar-refractivity contribution is -0.116. The fraction of sp³-hybridized carbons (Fsp3) is 0.474. The quantitative estimate of drug-likeness (QED) is 0.719. The summed E-state index contributed by atoms with van der Waals surface area (Å²) in [5.74, 6) is -0.776. The van der Waals surface area contributed by atoms with Crippen molar-refractivity contribution in [2.75, 3.05) is 25.2 Å². The molecule has 0 atom stereocenters. The van der Waals surface area contributed by atoms with Crippen LogP contribution in [0.5, 0.6) is 0 Å². The summed E-state index contributed by atoms with van der Waals surface area (Å²) in [6, 6.07) is 6.92. The molecular weight excluding hydrogens is 400 g/mol. The predicted molar refractivity (Wildman–Crippen MR) is 110 cm³/mol. The van der Waals surface area contributed by atoms with Gasteiger partial charge in [0, 0.05) is 16.4 Å². The molecule has 28 heavy (non-hydrogen) atoms. The van der Waals surface area contributed by atoms with Crippen LogP contribution in [0, 0.1) is 0 Å². The average molecular weight is 425 g/mol. The maximum absolute atomic E-state index is 12.5. The van der Waals surface area contributed by atoms with Crippen LogP contribution in [0.4, 0.5) is 5.69 Å². The van der Waals surface area contributed by atoms with Crippen molar-refractivity contribution in [2.45, 2.75) is 38.1 Å². The van der Waals surface area contributed by atoms with Gasteiger partial charge in [0.2, 0.25) is 15.9 Å². The molecular formula is C19H24N2O5S2. The van der Waals surface area contributed by atoms with Crippen LogP contribution in [-0.2, 0) is 19.6 Å². The topological polar surface area (TPSA) is 92.8 Å². The first-order valence-corrected chi connectivity index (χ1v) is 11.8.